The maximum Gasteiger partial charge on any atom is 0.224 e. The summed E-state index contributed by atoms with van der Waals surface area (Å²) in [5.41, 5.74) is 7.50. The number of nitrogens with zero attached hydrogens (tertiary/aromatic N) is 1. The van der Waals surface area contributed by atoms with Gasteiger partial charge in [-0.2, -0.15) is 0 Å². The van der Waals surface area contributed by atoms with Gasteiger partial charge in [-0.1, -0.05) is 0 Å². The van der Waals surface area contributed by atoms with Crippen LogP contribution in [0.5, 0.6) is 0 Å². The van der Waals surface area contributed by atoms with Crippen LogP contribution < -0.4 is 11.1 Å². The van der Waals surface area contributed by atoms with Crippen LogP contribution in [0.1, 0.15) is 20.3 Å². The van der Waals surface area contributed by atoms with Crippen LogP contribution in [0, 0.1) is 3.57 Å². The molecule has 5 heteroatoms. The number of benzene rings is 1. The average Bonchev–Trinajstić information content (AvgIpc) is 2.33. The topological polar surface area (TPSA) is 58.4 Å². The Morgan fingerprint density at radius 1 is 1.39 bits per heavy atom. The van der Waals surface area contributed by atoms with Crippen molar-refractivity contribution in [2.75, 3.05) is 30.7 Å². The number of nitrogens with one attached hydrogen (secondary N) is 1. The lowest BCUT2D eigenvalue weighted by Crippen LogP contribution is -2.31. The number of rotatable bonds is 6. The molecule has 18 heavy (non-hydrogen) atoms. The van der Waals surface area contributed by atoms with Gasteiger partial charge in [-0.25, -0.2) is 0 Å². The summed E-state index contributed by atoms with van der Waals surface area (Å²) in [5, 5.41) is 3.20. The number of nitrogen functional groups attached to an aromatic ring is 1. The molecule has 1 rings (SSSR count). The summed E-state index contributed by atoms with van der Waals surface area (Å²) in [7, 11) is 0. The van der Waals surface area contributed by atoms with Gasteiger partial charge in [0.25, 0.3) is 0 Å². The maximum atomic E-state index is 11.8. The Kier molecular flexibility index (Phi) is 6.24. The monoisotopic (exact) mass is 361 g/mol. The second-order valence-corrected chi connectivity index (χ2v) is 5.22. The molecule has 0 heterocycles. The minimum atomic E-state index is 0.177. The fraction of sp³-hybridized carbons (Fsp3) is 0.462. The molecular formula is C13H20IN3O. The van der Waals surface area contributed by atoms with Crippen molar-refractivity contribution in [3.05, 3.63) is 21.8 Å². The second kappa shape index (κ2) is 7.45. The first kappa shape index (κ1) is 15.1. The molecule has 0 saturated heterocycles. The number of carbonyl (C=O) groups is 1. The highest BCUT2D eigenvalue weighted by atomic mass is 127. The largest absolute Gasteiger partial charge is 0.397 e. The maximum absolute atomic E-state index is 11.8. The Bertz CT molecular complexity index is 405. The van der Waals surface area contributed by atoms with Crippen LogP contribution in [0.4, 0.5) is 11.4 Å². The van der Waals surface area contributed by atoms with Crippen molar-refractivity contribution in [3.63, 3.8) is 0 Å². The third-order valence-electron chi connectivity index (χ3n) is 2.78. The Morgan fingerprint density at radius 2 is 2.06 bits per heavy atom. The minimum absolute atomic E-state index is 0.177. The molecular weight excluding hydrogens is 341 g/mol. The molecule has 0 bridgehead atoms. The molecule has 0 aliphatic rings. The molecule has 0 aliphatic heterocycles. The Balaban J connectivity index is 2.44. The highest BCUT2D eigenvalue weighted by Crippen LogP contribution is 2.20. The van der Waals surface area contributed by atoms with Gasteiger partial charge in [-0.15, -0.1) is 0 Å². The summed E-state index contributed by atoms with van der Waals surface area (Å²) in [5.74, 6) is 0.177. The molecule has 1 aromatic carbocycles. The van der Waals surface area contributed by atoms with Crippen molar-refractivity contribution in [1.82, 2.24) is 4.90 Å². The van der Waals surface area contributed by atoms with Gasteiger partial charge in [0, 0.05) is 29.6 Å². The van der Waals surface area contributed by atoms with E-state index in [1.807, 2.05) is 36.9 Å². The zero-order chi connectivity index (χ0) is 13.5. The zero-order valence-corrected chi connectivity index (χ0v) is 13.0. The Hall–Kier alpha value is -0.980. The third kappa shape index (κ3) is 4.36. The molecule has 0 radical (unpaired) electrons. The normalized spacial score (nSPS) is 10.2. The lowest BCUT2D eigenvalue weighted by molar-refractivity contribution is -0.130. The lowest BCUT2D eigenvalue weighted by Gasteiger charge is -2.19. The minimum Gasteiger partial charge on any atom is -0.397 e. The first-order chi connectivity index (χ1) is 8.58. The summed E-state index contributed by atoms with van der Waals surface area (Å²) in [6.45, 7) is 6.13. The van der Waals surface area contributed by atoms with Gasteiger partial charge in [0.1, 0.15) is 0 Å². The van der Waals surface area contributed by atoms with Gasteiger partial charge >= 0.3 is 0 Å². The van der Waals surface area contributed by atoms with E-state index in [1.165, 1.54) is 0 Å². The van der Waals surface area contributed by atoms with Crippen molar-refractivity contribution in [1.29, 1.82) is 0 Å². The Labute approximate surface area is 122 Å². The van der Waals surface area contributed by atoms with Gasteiger partial charge < -0.3 is 16.0 Å². The quantitative estimate of drug-likeness (QED) is 0.605. The predicted molar refractivity (Wildman–Crippen MR) is 84.6 cm³/mol. The second-order valence-electron chi connectivity index (χ2n) is 3.97. The third-order valence-corrected chi connectivity index (χ3v) is 3.46. The van der Waals surface area contributed by atoms with E-state index in [4.69, 9.17) is 5.73 Å². The summed E-state index contributed by atoms with van der Waals surface area (Å²) >= 11 is 2.22. The van der Waals surface area contributed by atoms with Crippen LogP contribution in [0.2, 0.25) is 0 Å². The van der Waals surface area contributed by atoms with Crippen molar-refractivity contribution >= 4 is 39.9 Å². The fourth-order valence-corrected chi connectivity index (χ4v) is 2.25. The highest BCUT2D eigenvalue weighted by Gasteiger charge is 2.08. The summed E-state index contributed by atoms with van der Waals surface area (Å²) in [6, 6.07) is 5.85. The highest BCUT2D eigenvalue weighted by molar-refractivity contribution is 14.1. The molecule has 1 aromatic rings. The van der Waals surface area contributed by atoms with E-state index in [2.05, 4.69) is 27.9 Å². The molecule has 0 unspecified atom stereocenters. The van der Waals surface area contributed by atoms with E-state index in [0.29, 0.717) is 13.0 Å². The van der Waals surface area contributed by atoms with Gasteiger partial charge in [-0.3, -0.25) is 4.79 Å². The van der Waals surface area contributed by atoms with E-state index in [-0.39, 0.29) is 5.91 Å². The lowest BCUT2D eigenvalue weighted by atomic mass is 10.2. The predicted octanol–water partition coefficient (Wildman–Crippen LogP) is 2.54. The molecule has 0 atom stereocenters. The number of hydrogen-bond acceptors (Lipinski definition) is 3. The SMILES string of the molecule is CCN(CC)C(=O)CCNc1ccc(I)cc1N. The standard InChI is InChI=1S/C13H20IN3O/c1-3-17(4-2)13(18)7-8-16-12-6-5-10(14)9-11(12)15/h5-6,9,16H,3-4,7-8,15H2,1-2H3. The van der Waals surface area contributed by atoms with Gasteiger partial charge in [0.15, 0.2) is 0 Å². The van der Waals surface area contributed by atoms with Crippen LogP contribution in [0.3, 0.4) is 0 Å². The van der Waals surface area contributed by atoms with Crippen LogP contribution in [-0.4, -0.2) is 30.4 Å². The van der Waals surface area contributed by atoms with Gasteiger partial charge in [-0.05, 0) is 54.6 Å². The van der Waals surface area contributed by atoms with E-state index in [1.54, 1.807) is 0 Å². The van der Waals surface area contributed by atoms with Crippen molar-refractivity contribution in [2.45, 2.75) is 20.3 Å². The molecule has 0 saturated carbocycles. The zero-order valence-electron chi connectivity index (χ0n) is 10.9. The van der Waals surface area contributed by atoms with E-state index < -0.39 is 0 Å². The van der Waals surface area contributed by atoms with Crippen molar-refractivity contribution in [3.8, 4) is 0 Å². The van der Waals surface area contributed by atoms with E-state index in [9.17, 15) is 4.79 Å². The summed E-state index contributed by atoms with van der Waals surface area (Å²) in [4.78, 5) is 13.6. The number of hydrogen-bond donors (Lipinski definition) is 2. The van der Waals surface area contributed by atoms with Crippen LogP contribution >= 0.6 is 22.6 Å². The number of amides is 1. The smallest absolute Gasteiger partial charge is 0.224 e. The van der Waals surface area contributed by atoms with E-state index in [0.717, 1.165) is 28.0 Å². The first-order valence-corrected chi connectivity index (χ1v) is 7.23. The number of carbonyl (C=O) groups excluding carboxylic acids is 1. The average molecular weight is 361 g/mol. The molecule has 1 amide bonds. The van der Waals surface area contributed by atoms with Crippen molar-refractivity contribution in [2.24, 2.45) is 0 Å². The molecule has 0 fully saturated rings. The van der Waals surface area contributed by atoms with Crippen LogP contribution in [0.25, 0.3) is 0 Å². The van der Waals surface area contributed by atoms with Gasteiger partial charge in [0.05, 0.1) is 11.4 Å². The molecule has 100 valence electrons. The summed E-state index contributed by atoms with van der Waals surface area (Å²) < 4.78 is 1.11. The van der Waals surface area contributed by atoms with Gasteiger partial charge in [0.2, 0.25) is 5.91 Å². The molecule has 4 nitrogen and oxygen atoms in total. The van der Waals surface area contributed by atoms with Crippen LogP contribution in [0.15, 0.2) is 18.2 Å². The van der Waals surface area contributed by atoms with Crippen LogP contribution in [-0.2, 0) is 4.79 Å². The Morgan fingerprint density at radius 3 is 2.61 bits per heavy atom. The first-order valence-electron chi connectivity index (χ1n) is 6.15. The molecule has 3 N–H and O–H groups in total. The van der Waals surface area contributed by atoms with Crippen molar-refractivity contribution < 1.29 is 4.79 Å². The fourth-order valence-electron chi connectivity index (χ4n) is 1.73. The number of nitrogens with two attached hydrogens (primary N) is 1. The van der Waals surface area contributed by atoms with E-state index >= 15 is 0 Å². The summed E-state index contributed by atoms with van der Waals surface area (Å²) in [6.07, 6.45) is 0.493. The number of anilines is 2. The molecule has 0 aromatic heterocycles. The molecule has 0 spiro atoms. The molecule has 0 aliphatic carbocycles. The number of halogens is 1.